The van der Waals surface area contributed by atoms with E-state index in [2.05, 4.69) is 69.5 Å². The molecule has 0 radical (unpaired) electrons. The second-order valence-corrected chi connectivity index (χ2v) is 11.0. The number of unbranched alkanes of at least 4 members (excludes halogenated alkanes) is 1. The molecule has 2 aromatic carbocycles. The number of phenolic OH excluding ortho intramolecular Hbond substituents is 1. The number of aliphatic carboxylic acids is 1. The first-order valence-corrected chi connectivity index (χ1v) is 13.8. The van der Waals surface area contributed by atoms with Gasteiger partial charge >= 0.3 is 5.97 Å². The van der Waals surface area contributed by atoms with E-state index in [1.165, 1.54) is 19.4 Å². The summed E-state index contributed by atoms with van der Waals surface area (Å²) in [5.74, 6) is 1.04. The quantitative estimate of drug-likeness (QED) is 0.364. The minimum absolute atomic E-state index is 0.0173. The van der Waals surface area contributed by atoms with E-state index in [0.717, 1.165) is 35.7 Å². The van der Waals surface area contributed by atoms with Gasteiger partial charge in [-0.3, -0.25) is 14.6 Å². The van der Waals surface area contributed by atoms with Crippen LogP contribution in [-0.2, 0) is 11.3 Å². The minimum Gasteiger partial charge on any atom is -0.508 e. The molecule has 0 spiro atoms. The predicted octanol–water partition coefficient (Wildman–Crippen LogP) is 4.19. The second-order valence-electron chi connectivity index (χ2n) is 11.0. The Morgan fingerprint density at radius 1 is 1.03 bits per heavy atom. The van der Waals surface area contributed by atoms with E-state index < -0.39 is 5.97 Å². The van der Waals surface area contributed by atoms with Crippen LogP contribution in [0.25, 0.3) is 11.4 Å². The zero-order chi connectivity index (χ0) is 26.6. The Morgan fingerprint density at radius 2 is 1.82 bits per heavy atom. The number of hydrogen-bond acceptors (Lipinski definition) is 7. The molecule has 1 aromatic heterocycles. The number of carbonyl (C=O) groups is 1. The van der Waals surface area contributed by atoms with Gasteiger partial charge in [0.25, 0.3) is 0 Å². The number of piperazine rings is 1. The van der Waals surface area contributed by atoms with Crippen LogP contribution in [0.2, 0.25) is 0 Å². The van der Waals surface area contributed by atoms with Crippen molar-refractivity contribution in [3.8, 4) is 17.1 Å². The molecule has 0 amide bonds. The van der Waals surface area contributed by atoms with Crippen LogP contribution in [0.4, 0.5) is 0 Å². The molecule has 1 saturated heterocycles. The van der Waals surface area contributed by atoms with Gasteiger partial charge in [-0.25, -0.2) is 4.68 Å². The predicted molar refractivity (Wildman–Crippen MR) is 145 cm³/mol. The molecule has 3 atom stereocenters. The number of nitrogens with zero attached hydrogens (tertiary/aromatic N) is 6. The van der Waals surface area contributed by atoms with Crippen molar-refractivity contribution in [2.75, 3.05) is 19.6 Å². The SMILES string of the molecule is C[C@@H]1CN([C@H](c2ccc(-c3nnnn3CCCCC(=O)O)cc2)c2cccc(O)c2)[C@@H](C)CN1CC1CC1. The smallest absolute Gasteiger partial charge is 0.303 e. The summed E-state index contributed by atoms with van der Waals surface area (Å²) in [7, 11) is 0. The molecule has 1 saturated carbocycles. The highest BCUT2D eigenvalue weighted by molar-refractivity contribution is 5.66. The number of carboxylic acid groups (broad SMARTS) is 1. The summed E-state index contributed by atoms with van der Waals surface area (Å²) in [6.07, 6.45) is 4.17. The van der Waals surface area contributed by atoms with Crippen molar-refractivity contribution < 1.29 is 15.0 Å². The molecule has 0 unspecified atom stereocenters. The van der Waals surface area contributed by atoms with Crippen LogP contribution in [0.1, 0.15) is 63.1 Å². The van der Waals surface area contributed by atoms with E-state index in [1.54, 1.807) is 10.7 Å². The maximum Gasteiger partial charge on any atom is 0.303 e. The molecule has 0 bridgehead atoms. The van der Waals surface area contributed by atoms with E-state index in [1.807, 2.05) is 12.1 Å². The van der Waals surface area contributed by atoms with E-state index in [-0.39, 0.29) is 18.2 Å². The fraction of sp³-hybridized carbons (Fsp3) is 0.517. The van der Waals surface area contributed by atoms with Crippen molar-refractivity contribution in [2.24, 2.45) is 5.92 Å². The van der Waals surface area contributed by atoms with Gasteiger partial charge in [0.1, 0.15) is 5.75 Å². The summed E-state index contributed by atoms with van der Waals surface area (Å²) in [6.45, 7) is 8.43. The summed E-state index contributed by atoms with van der Waals surface area (Å²) in [5, 5.41) is 31.4. The van der Waals surface area contributed by atoms with Crippen molar-refractivity contribution in [1.29, 1.82) is 0 Å². The van der Waals surface area contributed by atoms with Gasteiger partial charge in [0, 0.05) is 50.2 Å². The number of carboxylic acids is 1. The average molecular weight is 519 g/mol. The fourth-order valence-electron chi connectivity index (χ4n) is 5.66. The van der Waals surface area contributed by atoms with Gasteiger partial charge in [-0.1, -0.05) is 36.4 Å². The van der Waals surface area contributed by atoms with Gasteiger partial charge in [0.05, 0.1) is 6.04 Å². The molecule has 2 heterocycles. The average Bonchev–Trinajstić information content (AvgIpc) is 3.59. The zero-order valence-electron chi connectivity index (χ0n) is 22.3. The lowest BCUT2D eigenvalue weighted by molar-refractivity contribution is -0.137. The Bertz CT molecular complexity index is 1230. The molecular weight excluding hydrogens is 480 g/mol. The van der Waals surface area contributed by atoms with Crippen LogP contribution in [0, 0.1) is 5.92 Å². The highest BCUT2D eigenvalue weighted by Gasteiger charge is 2.37. The molecule has 38 heavy (non-hydrogen) atoms. The molecular formula is C29H38N6O3. The van der Waals surface area contributed by atoms with E-state index in [0.29, 0.717) is 37.3 Å². The number of benzene rings is 2. The van der Waals surface area contributed by atoms with Gasteiger partial charge in [-0.05, 0) is 79.1 Å². The summed E-state index contributed by atoms with van der Waals surface area (Å²) in [4.78, 5) is 16.0. The Hall–Kier alpha value is -3.30. The molecule has 9 nitrogen and oxygen atoms in total. The summed E-state index contributed by atoms with van der Waals surface area (Å²) in [5.41, 5.74) is 3.16. The lowest BCUT2D eigenvalue weighted by Gasteiger charge is -2.48. The number of tetrazole rings is 1. The van der Waals surface area contributed by atoms with Crippen LogP contribution >= 0.6 is 0 Å². The van der Waals surface area contributed by atoms with Gasteiger partial charge < -0.3 is 10.2 Å². The van der Waals surface area contributed by atoms with Crippen LogP contribution in [0.5, 0.6) is 5.75 Å². The van der Waals surface area contributed by atoms with Crippen LogP contribution < -0.4 is 0 Å². The second kappa shape index (κ2) is 11.6. The third kappa shape index (κ3) is 6.22. The topological polar surface area (TPSA) is 108 Å². The monoisotopic (exact) mass is 518 g/mol. The molecule has 2 aliphatic rings. The molecule has 2 fully saturated rings. The van der Waals surface area contributed by atoms with Crippen molar-refractivity contribution in [3.63, 3.8) is 0 Å². The fourth-order valence-corrected chi connectivity index (χ4v) is 5.66. The van der Waals surface area contributed by atoms with E-state index in [9.17, 15) is 9.90 Å². The largest absolute Gasteiger partial charge is 0.508 e. The van der Waals surface area contributed by atoms with Crippen LogP contribution in [0.3, 0.4) is 0 Å². The minimum atomic E-state index is -0.785. The van der Waals surface area contributed by atoms with Crippen molar-refractivity contribution in [1.82, 2.24) is 30.0 Å². The first-order chi connectivity index (χ1) is 18.4. The van der Waals surface area contributed by atoms with Gasteiger partial charge in [0.2, 0.25) is 0 Å². The number of phenols is 1. The standard InChI is InChI=1S/C29H38N6O3/c1-20-18-34(21(2)17-33(20)19-22-9-10-22)28(25-6-5-7-26(36)16-25)23-11-13-24(14-12-23)29-30-31-32-35(29)15-4-3-8-27(37)38/h5-7,11-14,16,20-22,28,36H,3-4,8-10,15,17-19H2,1-2H3,(H,37,38)/t20-,21+,28-/m1/s1. The Kier molecular flexibility index (Phi) is 8.04. The normalized spacial score (nSPS) is 21.4. The van der Waals surface area contributed by atoms with Crippen LogP contribution in [-0.4, -0.2) is 77.9 Å². The third-order valence-electron chi connectivity index (χ3n) is 7.90. The Morgan fingerprint density at radius 3 is 2.53 bits per heavy atom. The van der Waals surface area contributed by atoms with Gasteiger partial charge in [-0.15, -0.1) is 5.10 Å². The summed E-state index contributed by atoms with van der Waals surface area (Å²) in [6, 6.07) is 16.9. The molecule has 1 aliphatic carbocycles. The maximum atomic E-state index is 10.8. The maximum absolute atomic E-state index is 10.8. The highest BCUT2D eigenvalue weighted by Crippen LogP contribution is 2.37. The van der Waals surface area contributed by atoms with E-state index in [4.69, 9.17) is 5.11 Å². The zero-order valence-corrected chi connectivity index (χ0v) is 22.3. The van der Waals surface area contributed by atoms with Crippen molar-refractivity contribution >= 4 is 5.97 Å². The van der Waals surface area contributed by atoms with E-state index >= 15 is 0 Å². The molecule has 9 heteroatoms. The Balaban J connectivity index is 1.37. The molecule has 202 valence electrons. The third-order valence-corrected chi connectivity index (χ3v) is 7.90. The number of aromatic hydroxyl groups is 1. The first kappa shape index (κ1) is 26.3. The lowest BCUT2D eigenvalue weighted by atomic mass is 9.92. The molecule has 1 aliphatic heterocycles. The summed E-state index contributed by atoms with van der Waals surface area (Å²) >= 11 is 0. The first-order valence-electron chi connectivity index (χ1n) is 13.8. The number of rotatable bonds is 11. The van der Waals surface area contributed by atoms with Gasteiger partial charge in [0.15, 0.2) is 5.82 Å². The lowest BCUT2D eigenvalue weighted by Crippen LogP contribution is -2.57. The van der Waals surface area contributed by atoms with Crippen molar-refractivity contribution in [2.45, 2.75) is 70.6 Å². The van der Waals surface area contributed by atoms with Gasteiger partial charge in [-0.2, -0.15) is 0 Å². The van der Waals surface area contributed by atoms with Crippen LogP contribution in [0.15, 0.2) is 48.5 Å². The number of hydrogen-bond donors (Lipinski definition) is 2. The number of aryl methyl sites for hydroxylation is 1. The molecule has 2 N–H and O–H groups in total. The number of aromatic nitrogens is 4. The molecule has 3 aromatic rings. The molecule has 5 rings (SSSR count). The Labute approximate surface area is 224 Å². The highest BCUT2D eigenvalue weighted by atomic mass is 16.4. The van der Waals surface area contributed by atoms with Crippen molar-refractivity contribution in [3.05, 3.63) is 59.7 Å². The summed E-state index contributed by atoms with van der Waals surface area (Å²) < 4.78 is 1.74.